The number of rotatable bonds is 6. The molecule has 1 N–H and O–H groups in total. The van der Waals surface area contributed by atoms with E-state index in [-0.39, 0.29) is 11.8 Å². The van der Waals surface area contributed by atoms with E-state index in [2.05, 4.69) is 11.8 Å². The molecule has 0 amide bonds. The smallest absolute Gasteiger partial charge is 0.162 e. The van der Waals surface area contributed by atoms with Gasteiger partial charge in [0.2, 0.25) is 0 Å². The van der Waals surface area contributed by atoms with Gasteiger partial charge in [0.05, 0.1) is 13.7 Å². The molecule has 0 fully saturated rings. The third-order valence-electron chi connectivity index (χ3n) is 2.92. The van der Waals surface area contributed by atoms with Crippen molar-refractivity contribution in [2.75, 3.05) is 27.9 Å². The van der Waals surface area contributed by atoms with Gasteiger partial charge in [0.1, 0.15) is 0 Å². The highest BCUT2D eigenvalue weighted by Crippen LogP contribution is 2.34. The van der Waals surface area contributed by atoms with Crippen LogP contribution < -0.4 is 4.74 Å². The molecule has 0 aliphatic rings. The van der Waals surface area contributed by atoms with E-state index < -0.39 is 0 Å². The van der Waals surface area contributed by atoms with Gasteiger partial charge in [-0.25, -0.2) is 0 Å². The van der Waals surface area contributed by atoms with Crippen LogP contribution in [0, 0.1) is 0 Å². The van der Waals surface area contributed by atoms with E-state index in [0.29, 0.717) is 23.9 Å². The second kappa shape index (κ2) is 6.83. The van der Waals surface area contributed by atoms with Gasteiger partial charge < -0.3 is 14.6 Å². The zero-order chi connectivity index (χ0) is 13.7. The molecule has 4 nitrogen and oxygen atoms in total. The van der Waals surface area contributed by atoms with Crippen LogP contribution in [0.4, 0.5) is 0 Å². The number of hydrogen-bond acceptors (Lipinski definition) is 4. The Morgan fingerprint density at radius 1 is 1.39 bits per heavy atom. The second-order valence-electron chi connectivity index (χ2n) is 4.34. The normalized spacial score (nSPS) is 12.8. The molecule has 0 heterocycles. The number of benzene rings is 1. The Labute approximate surface area is 113 Å². The van der Waals surface area contributed by atoms with E-state index in [1.807, 2.05) is 7.05 Å². The molecule has 0 radical (unpaired) electrons. The van der Waals surface area contributed by atoms with Crippen LogP contribution in [0.3, 0.4) is 0 Å². The summed E-state index contributed by atoms with van der Waals surface area (Å²) in [6.07, 6.45) is 0. The van der Waals surface area contributed by atoms with Gasteiger partial charge in [-0.05, 0) is 20.0 Å². The summed E-state index contributed by atoms with van der Waals surface area (Å²) in [5.41, 5.74) is 0.741. The lowest BCUT2D eigenvalue weighted by molar-refractivity contribution is 0.111. The molecule has 1 rings (SSSR count). The Kier molecular flexibility index (Phi) is 5.72. The first kappa shape index (κ1) is 15.1. The first-order chi connectivity index (χ1) is 8.49. The minimum absolute atomic E-state index is 0.137. The Balaban J connectivity index is 2.87. The Bertz CT molecular complexity index is 398. The molecule has 18 heavy (non-hydrogen) atoms. The van der Waals surface area contributed by atoms with Gasteiger partial charge >= 0.3 is 0 Å². The predicted octanol–water partition coefficient (Wildman–Crippen LogP) is 2.52. The lowest BCUT2D eigenvalue weighted by atomic mass is 10.1. The van der Waals surface area contributed by atoms with Crippen molar-refractivity contribution < 1.29 is 14.6 Å². The average Bonchev–Trinajstić information content (AvgIpc) is 2.33. The highest BCUT2D eigenvalue weighted by atomic mass is 35.5. The number of phenols is 1. The minimum Gasteiger partial charge on any atom is -0.504 e. The van der Waals surface area contributed by atoms with Crippen molar-refractivity contribution in [3.05, 3.63) is 22.7 Å². The molecule has 1 aromatic rings. The van der Waals surface area contributed by atoms with Crippen molar-refractivity contribution in [3.8, 4) is 11.5 Å². The highest BCUT2D eigenvalue weighted by molar-refractivity contribution is 6.30. The SMILES string of the molecule is COCC(C)N(C)Cc1cc(Cl)cc(OC)c1O. The summed E-state index contributed by atoms with van der Waals surface area (Å²) >= 11 is 5.99. The third-order valence-corrected chi connectivity index (χ3v) is 3.14. The lowest BCUT2D eigenvalue weighted by Gasteiger charge is -2.24. The van der Waals surface area contributed by atoms with Gasteiger partial charge in [0.25, 0.3) is 0 Å². The van der Waals surface area contributed by atoms with E-state index in [4.69, 9.17) is 21.1 Å². The monoisotopic (exact) mass is 273 g/mol. The minimum atomic E-state index is 0.137. The van der Waals surface area contributed by atoms with E-state index in [0.717, 1.165) is 5.56 Å². The molecular weight excluding hydrogens is 254 g/mol. The maximum absolute atomic E-state index is 10.0. The number of hydrogen-bond donors (Lipinski definition) is 1. The van der Waals surface area contributed by atoms with E-state index in [9.17, 15) is 5.11 Å². The second-order valence-corrected chi connectivity index (χ2v) is 4.77. The summed E-state index contributed by atoms with van der Waals surface area (Å²) in [6.45, 7) is 3.27. The largest absolute Gasteiger partial charge is 0.504 e. The van der Waals surface area contributed by atoms with Gasteiger partial charge in [-0.15, -0.1) is 0 Å². The van der Waals surface area contributed by atoms with Crippen LogP contribution in [-0.4, -0.2) is 43.9 Å². The molecule has 0 aliphatic carbocycles. The van der Waals surface area contributed by atoms with Crippen molar-refractivity contribution in [1.82, 2.24) is 4.90 Å². The fraction of sp³-hybridized carbons (Fsp3) is 0.538. The zero-order valence-corrected chi connectivity index (χ0v) is 12.0. The van der Waals surface area contributed by atoms with Crippen LogP contribution in [0.15, 0.2) is 12.1 Å². The lowest BCUT2D eigenvalue weighted by Crippen LogP contribution is -2.32. The molecule has 0 aliphatic heterocycles. The van der Waals surface area contributed by atoms with E-state index in [1.54, 1.807) is 19.2 Å². The van der Waals surface area contributed by atoms with Gasteiger partial charge in [-0.2, -0.15) is 0 Å². The molecule has 1 aromatic carbocycles. The summed E-state index contributed by atoms with van der Waals surface area (Å²) in [5.74, 6) is 0.531. The quantitative estimate of drug-likeness (QED) is 0.865. The highest BCUT2D eigenvalue weighted by Gasteiger charge is 2.15. The number of phenolic OH excluding ortho intramolecular Hbond substituents is 1. The fourth-order valence-electron chi connectivity index (χ4n) is 1.70. The summed E-state index contributed by atoms with van der Waals surface area (Å²) in [6, 6.07) is 3.59. The van der Waals surface area contributed by atoms with Crippen LogP contribution >= 0.6 is 11.6 Å². The van der Waals surface area contributed by atoms with Crippen LogP contribution in [0.25, 0.3) is 0 Å². The molecule has 102 valence electrons. The summed E-state index contributed by atoms with van der Waals surface area (Å²) < 4.78 is 10.2. The molecular formula is C13H20ClNO3. The van der Waals surface area contributed by atoms with Crippen molar-refractivity contribution in [2.45, 2.75) is 19.5 Å². The maximum atomic E-state index is 10.0. The van der Waals surface area contributed by atoms with Crippen LogP contribution in [0.2, 0.25) is 5.02 Å². The molecule has 0 aromatic heterocycles. The predicted molar refractivity (Wildman–Crippen MR) is 72.5 cm³/mol. The van der Waals surface area contributed by atoms with Crippen LogP contribution in [0.1, 0.15) is 12.5 Å². The first-order valence-electron chi connectivity index (χ1n) is 5.74. The van der Waals surface area contributed by atoms with Crippen molar-refractivity contribution >= 4 is 11.6 Å². The van der Waals surface area contributed by atoms with Gasteiger partial charge in [-0.3, -0.25) is 4.90 Å². The van der Waals surface area contributed by atoms with Crippen LogP contribution in [-0.2, 0) is 11.3 Å². The number of likely N-dealkylation sites (N-methyl/N-ethyl adjacent to an activating group) is 1. The number of methoxy groups -OCH3 is 2. The van der Waals surface area contributed by atoms with Crippen molar-refractivity contribution in [3.63, 3.8) is 0 Å². The Morgan fingerprint density at radius 2 is 2.06 bits per heavy atom. The van der Waals surface area contributed by atoms with Crippen LogP contribution in [0.5, 0.6) is 11.5 Å². The number of halogens is 1. The number of aromatic hydroxyl groups is 1. The first-order valence-corrected chi connectivity index (χ1v) is 6.12. The fourth-order valence-corrected chi connectivity index (χ4v) is 1.93. The average molecular weight is 274 g/mol. The third kappa shape index (κ3) is 3.77. The molecule has 5 heteroatoms. The summed E-state index contributed by atoms with van der Waals surface area (Å²) in [7, 11) is 5.15. The van der Waals surface area contributed by atoms with Gasteiger partial charge in [0.15, 0.2) is 11.5 Å². The van der Waals surface area contributed by atoms with Crippen molar-refractivity contribution in [1.29, 1.82) is 0 Å². The standard InChI is InChI=1S/C13H20ClNO3/c1-9(8-17-3)15(2)7-10-5-11(14)6-12(18-4)13(10)16/h5-6,9,16H,7-8H2,1-4H3. The van der Waals surface area contributed by atoms with Crippen molar-refractivity contribution in [2.24, 2.45) is 0 Å². The molecule has 0 saturated heterocycles. The molecule has 1 atom stereocenters. The summed E-state index contributed by atoms with van der Waals surface area (Å²) in [4.78, 5) is 2.08. The Morgan fingerprint density at radius 3 is 2.61 bits per heavy atom. The number of ether oxygens (including phenoxy) is 2. The zero-order valence-electron chi connectivity index (χ0n) is 11.2. The summed E-state index contributed by atoms with van der Waals surface area (Å²) in [5, 5.41) is 10.6. The molecule has 0 spiro atoms. The topological polar surface area (TPSA) is 41.9 Å². The molecule has 0 bridgehead atoms. The molecule has 0 saturated carbocycles. The van der Waals surface area contributed by atoms with Gasteiger partial charge in [0, 0.05) is 36.3 Å². The Hall–Kier alpha value is -0.970. The van der Waals surface area contributed by atoms with E-state index >= 15 is 0 Å². The van der Waals surface area contributed by atoms with Gasteiger partial charge in [-0.1, -0.05) is 11.6 Å². The number of nitrogens with zero attached hydrogens (tertiary/aromatic N) is 1. The molecule has 1 unspecified atom stereocenters. The van der Waals surface area contributed by atoms with E-state index in [1.165, 1.54) is 7.11 Å². The maximum Gasteiger partial charge on any atom is 0.162 e.